The first-order valence-electron chi connectivity index (χ1n) is 4.94. The van der Waals surface area contributed by atoms with Crippen LogP contribution in [0.1, 0.15) is 10.8 Å². The molecule has 1 aromatic carbocycles. The summed E-state index contributed by atoms with van der Waals surface area (Å²) in [6.07, 6.45) is 0. The number of thioether (sulfide) groups is 2. The molecule has 3 rings (SSSR count). The lowest BCUT2D eigenvalue weighted by atomic mass is 10.1. The molecule has 3 nitrogen and oxygen atoms in total. The topological polar surface area (TPSA) is 41.6 Å². The standard InChI is InChI=1S/C10H11N3S2/c1-2-7(9-6-14-4-5-15-9)10-8(3-1)11-13-12-10/h1-3,9H,4-6H2,(H,11,12,13). The number of nitrogens with zero attached hydrogens (tertiary/aromatic N) is 2. The van der Waals surface area contributed by atoms with Crippen LogP contribution in [0.3, 0.4) is 0 Å². The quantitative estimate of drug-likeness (QED) is 0.827. The van der Waals surface area contributed by atoms with Crippen LogP contribution in [0.2, 0.25) is 0 Å². The molecule has 2 aromatic rings. The van der Waals surface area contributed by atoms with Gasteiger partial charge in [-0.25, -0.2) is 0 Å². The smallest absolute Gasteiger partial charge is 0.113 e. The van der Waals surface area contributed by atoms with Crippen molar-refractivity contribution >= 4 is 34.6 Å². The Balaban J connectivity index is 2.05. The predicted molar refractivity (Wildman–Crippen MR) is 66.4 cm³/mol. The Kier molecular flexibility index (Phi) is 2.58. The van der Waals surface area contributed by atoms with Crippen molar-refractivity contribution in [3.05, 3.63) is 23.8 Å². The number of H-pyrrole nitrogens is 1. The van der Waals surface area contributed by atoms with Crippen molar-refractivity contribution in [1.29, 1.82) is 0 Å². The maximum absolute atomic E-state index is 4.05. The summed E-state index contributed by atoms with van der Waals surface area (Å²) in [4.78, 5) is 0. The van der Waals surface area contributed by atoms with E-state index in [0.717, 1.165) is 11.0 Å². The lowest BCUT2D eigenvalue weighted by Crippen LogP contribution is -2.06. The van der Waals surface area contributed by atoms with Crippen molar-refractivity contribution in [1.82, 2.24) is 15.4 Å². The molecule has 1 aliphatic rings. The summed E-state index contributed by atoms with van der Waals surface area (Å²) >= 11 is 4.07. The van der Waals surface area contributed by atoms with Gasteiger partial charge in [0.25, 0.3) is 0 Å². The molecule has 15 heavy (non-hydrogen) atoms. The van der Waals surface area contributed by atoms with Crippen molar-refractivity contribution in [2.75, 3.05) is 17.3 Å². The van der Waals surface area contributed by atoms with Crippen molar-refractivity contribution in [2.45, 2.75) is 5.25 Å². The van der Waals surface area contributed by atoms with E-state index in [-0.39, 0.29) is 0 Å². The highest BCUT2D eigenvalue weighted by Crippen LogP contribution is 2.38. The summed E-state index contributed by atoms with van der Waals surface area (Å²) < 4.78 is 0. The molecule has 1 N–H and O–H groups in total. The molecule has 2 heterocycles. The highest BCUT2D eigenvalue weighted by molar-refractivity contribution is 8.06. The summed E-state index contributed by atoms with van der Waals surface area (Å²) in [5, 5.41) is 11.5. The third-order valence-electron chi connectivity index (χ3n) is 2.56. The molecule has 1 saturated heterocycles. The van der Waals surface area contributed by atoms with Crippen molar-refractivity contribution in [3.63, 3.8) is 0 Å². The van der Waals surface area contributed by atoms with Crippen LogP contribution in [-0.2, 0) is 0 Å². The molecule has 0 radical (unpaired) electrons. The highest BCUT2D eigenvalue weighted by atomic mass is 32.2. The Morgan fingerprint density at radius 3 is 3.20 bits per heavy atom. The van der Waals surface area contributed by atoms with Crippen LogP contribution in [0.5, 0.6) is 0 Å². The predicted octanol–water partition coefficient (Wildman–Crippen LogP) is 2.48. The minimum atomic E-state index is 0.592. The van der Waals surface area contributed by atoms with Gasteiger partial charge in [-0.1, -0.05) is 17.3 Å². The lowest BCUT2D eigenvalue weighted by molar-refractivity contribution is 0.955. The van der Waals surface area contributed by atoms with Gasteiger partial charge in [-0.05, 0) is 11.6 Å². The van der Waals surface area contributed by atoms with E-state index < -0.39 is 0 Å². The Bertz CT molecular complexity index is 462. The maximum atomic E-state index is 4.05. The van der Waals surface area contributed by atoms with Gasteiger partial charge < -0.3 is 0 Å². The van der Waals surface area contributed by atoms with Gasteiger partial charge in [-0.3, -0.25) is 5.10 Å². The highest BCUT2D eigenvalue weighted by Gasteiger charge is 2.19. The molecular weight excluding hydrogens is 226 g/mol. The number of nitrogens with one attached hydrogen (secondary N) is 1. The number of rotatable bonds is 1. The average molecular weight is 237 g/mol. The van der Waals surface area contributed by atoms with Crippen LogP contribution in [0, 0.1) is 0 Å². The first-order valence-corrected chi connectivity index (χ1v) is 7.14. The van der Waals surface area contributed by atoms with Gasteiger partial charge in [0, 0.05) is 22.5 Å². The molecule has 5 heteroatoms. The van der Waals surface area contributed by atoms with E-state index in [1.807, 2.05) is 29.6 Å². The maximum Gasteiger partial charge on any atom is 0.113 e. The molecule has 0 saturated carbocycles. The summed E-state index contributed by atoms with van der Waals surface area (Å²) in [6, 6.07) is 6.26. The van der Waals surface area contributed by atoms with Gasteiger partial charge in [0.1, 0.15) is 5.52 Å². The zero-order chi connectivity index (χ0) is 10.1. The van der Waals surface area contributed by atoms with E-state index >= 15 is 0 Å². The van der Waals surface area contributed by atoms with Crippen molar-refractivity contribution < 1.29 is 0 Å². The Morgan fingerprint density at radius 1 is 1.33 bits per heavy atom. The van der Waals surface area contributed by atoms with Crippen LogP contribution >= 0.6 is 23.5 Å². The summed E-state index contributed by atoms with van der Waals surface area (Å²) in [5.41, 5.74) is 3.44. The molecular formula is C10H11N3S2. The normalized spacial score (nSPS) is 22.0. The fourth-order valence-corrected chi connectivity index (χ4v) is 4.58. The lowest BCUT2D eigenvalue weighted by Gasteiger charge is -2.21. The van der Waals surface area contributed by atoms with Gasteiger partial charge in [0.15, 0.2) is 0 Å². The van der Waals surface area contributed by atoms with E-state index in [0.29, 0.717) is 5.25 Å². The molecule has 0 bridgehead atoms. The first kappa shape index (κ1) is 9.54. The van der Waals surface area contributed by atoms with E-state index in [1.54, 1.807) is 0 Å². The van der Waals surface area contributed by atoms with Gasteiger partial charge in [0.05, 0.1) is 5.52 Å². The van der Waals surface area contributed by atoms with E-state index in [1.165, 1.54) is 22.8 Å². The molecule has 1 atom stereocenters. The number of benzene rings is 1. The number of hydrogen-bond acceptors (Lipinski definition) is 4. The Labute approximate surface area is 96.4 Å². The largest absolute Gasteiger partial charge is 0.257 e. The summed E-state index contributed by atoms with van der Waals surface area (Å²) in [5.74, 6) is 3.72. The van der Waals surface area contributed by atoms with Gasteiger partial charge in [0.2, 0.25) is 0 Å². The second-order valence-corrected chi connectivity index (χ2v) is 5.95. The van der Waals surface area contributed by atoms with Crippen molar-refractivity contribution in [3.8, 4) is 0 Å². The van der Waals surface area contributed by atoms with Crippen molar-refractivity contribution in [2.24, 2.45) is 0 Å². The molecule has 1 fully saturated rings. The Hall–Kier alpha value is -0.680. The number of aromatic amines is 1. The third-order valence-corrected chi connectivity index (χ3v) is 5.35. The third kappa shape index (κ3) is 1.74. The molecule has 0 aliphatic carbocycles. The Morgan fingerprint density at radius 2 is 2.33 bits per heavy atom. The molecule has 1 unspecified atom stereocenters. The fraction of sp³-hybridized carbons (Fsp3) is 0.400. The van der Waals surface area contributed by atoms with Crippen LogP contribution in [0.25, 0.3) is 11.0 Å². The van der Waals surface area contributed by atoms with E-state index in [9.17, 15) is 0 Å². The number of hydrogen-bond donors (Lipinski definition) is 1. The molecule has 1 aromatic heterocycles. The van der Waals surface area contributed by atoms with Gasteiger partial charge in [-0.2, -0.15) is 23.5 Å². The summed E-state index contributed by atoms with van der Waals surface area (Å²) in [7, 11) is 0. The molecule has 0 amide bonds. The molecule has 1 aliphatic heterocycles. The average Bonchev–Trinajstić information content (AvgIpc) is 2.78. The van der Waals surface area contributed by atoms with Gasteiger partial charge in [-0.15, -0.1) is 5.10 Å². The van der Waals surface area contributed by atoms with Crippen LogP contribution in [0.15, 0.2) is 18.2 Å². The minimum absolute atomic E-state index is 0.592. The minimum Gasteiger partial charge on any atom is -0.257 e. The zero-order valence-electron chi connectivity index (χ0n) is 8.14. The van der Waals surface area contributed by atoms with E-state index in [4.69, 9.17) is 0 Å². The second-order valence-electron chi connectivity index (χ2n) is 3.49. The second kappa shape index (κ2) is 4.06. The van der Waals surface area contributed by atoms with Crippen LogP contribution in [-0.4, -0.2) is 32.7 Å². The molecule has 0 spiro atoms. The summed E-state index contributed by atoms with van der Waals surface area (Å²) in [6.45, 7) is 0. The van der Waals surface area contributed by atoms with Gasteiger partial charge >= 0.3 is 0 Å². The first-order chi connectivity index (χ1) is 7.45. The van der Waals surface area contributed by atoms with Crippen LogP contribution in [0.4, 0.5) is 0 Å². The number of fused-ring (bicyclic) bond motifs is 1. The molecule has 78 valence electrons. The SMILES string of the molecule is c1cc(C2CSCCS2)c2[nH]nnc2c1. The van der Waals surface area contributed by atoms with Crippen LogP contribution < -0.4 is 0 Å². The van der Waals surface area contributed by atoms with E-state index in [2.05, 4.69) is 27.5 Å². The fourth-order valence-electron chi connectivity index (χ4n) is 1.83. The number of aromatic nitrogens is 3. The number of para-hydroxylation sites is 1. The monoisotopic (exact) mass is 237 g/mol. The zero-order valence-corrected chi connectivity index (χ0v) is 9.77.